The fraction of sp³-hybridized carbons (Fsp3) is 0.429. The second-order valence-electron chi connectivity index (χ2n) is 5.64. The van der Waals surface area contributed by atoms with Crippen LogP contribution in [0.15, 0.2) is 18.2 Å². The van der Waals surface area contributed by atoms with Crippen molar-refractivity contribution in [2.45, 2.75) is 39.0 Å². The van der Waals surface area contributed by atoms with E-state index in [1.807, 2.05) is 0 Å². The van der Waals surface area contributed by atoms with Gasteiger partial charge in [0.2, 0.25) is 0 Å². The minimum Gasteiger partial charge on any atom is -0.444 e. The quantitative estimate of drug-likeness (QED) is 0.639. The highest BCUT2D eigenvalue weighted by Gasteiger charge is 2.31. The molecule has 5 nitrogen and oxygen atoms in total. The average Bonchev–Trinajstić information content (AvgIpc) is 2.37. The Bertz CT molecular complexity index is 597. The van der Waals surface area contributed by atoms with E-state index < -0.39 is 35.8 Å². The van der Waals surface area contributed by atoms with Crippen LogP contribution in [0.5, 0.6) is 0 Å². The van der Waals surface area contributed by atoms with Crippen LogP contribution in [0.1, 0.15) is 31.9 Å². The van der Waals surface area contributed by atoms with E-state index in [4.69, 9.17) is 4.74 Å². The molecule has 0 saturated carbocycles. The standard InChI is InChI=1S/C14H16F3NO4S/c1-13(2,3)21-12(20)18-10-5-4-9(14(15,16)17)6-8(10)7-11(19)22-23/h4-6,23H,7H2,1-3H3,(H,18,20). The molecule has 23 heavy (non-hydrogen) atoms. The summed E-state index contributed by atoms with van der Waals surface area (Å²) in [4.78, 5) is 23.0. The molecule has 1 aromatic rings. The Morgan fingerprint density at radius 3 is 2.30 bits per heavy atom. The first-order valence-corrected chi connectivity index (χ1v) is 6.83. The van der Waals surface area contributed by atoms with Crippen LogP contribution in [0.2, 0.25) is 0 Å². The van der Waals surface area contributed by atoms with Crippen molar-refractivity contribution in [1.82, 2.24) is 0 Å². The van der Waals surface area contributed by atoms with Gasteiger partial charge in [-0.3, -0.25) is 10.1 Å². The molecule has 0 unspecified atom stereocenters. The zero-order valence-electron chi connectivity index (χ0n) is 12.7. The third-order valence-electron chi connectivity index (χ3n) is 2.50. The molecule has 0 bridgehead atoms. The van der Waals surface area contributed by atoms with Crippen LogP contribution >= 0.6 is 12.9 Å². The van der Waals surface area contributed by atoms with Gasteiger partial charge in [-0.05, 0) is 44.5 Å². The fourth-order valence-electron chi connectivity index (χ4n) is 1.64. The number of hydrogen-bond donors (Lipinski definition) is 2. The van der Waals surface area contributed by atoms with Gasteiger partial charge in [-0.25, -0.2) is 4.79 Å². The smallest absolute Gasteiger partial charge is 0.416 e. The maximum absolute atomic E-state index is 12.8. The number of thiol groups is 1. The molecule has 0 fully saturated rings. The summed E-state index contributed by atoms with van der Waals surface area (Å²) in [5.74, 6) is -0.861. The number of ether oxygens (including phenoxy) is 1. The van der Waals surface area contributed by atoms with Crippen LogP contribution in [-0.4, -0.2) is 17.7 Å². The third-order valence-corrected chi connectivity index (χ3v) is 2.71. The summed E-state index contributed by atoms with van der Waals surface area (Å²) in [5, 5.41) is 2.31. The molecule has 0 radical (unpaired) electrons. The summed E-state index contributed by atoms with van der Waals surface area (Å²) in [6, 6.07) is 2.60. The van der Waals surface area contributed by atoms with Crippen LogP contribution in [0.3, 0.4) is 0 Å². The van der Waals surface area contributed by atoms with Gasteiger partial charge in [0.15, 0.2) is 0 Å². The molecule has 0 aromatic heterocycles. The molecule has 0 aliphatic heterocycles. The topological polar surface area (TPSA) is 64.6 Å². The number of rotatable bonds is 3. The summed E-state index contributed by atoms with van der Waals surface area (Å²) >= 11 is 3.31. The Labute approximate surface area is 136 Å². The van der Waals surface area contributed by atoms with E-state index in [1.165, 1.54) is 0 Å². The van der Waals surface area contributed by atoms with Crippen LogP contribution in [0.4, 0.5) is 23.7 Å². The van der Waals surface area contributed by atoms with E-state index in [-0.39, 0.29) is 11.3 Å². The van der Waals surface area contributed by atoms with Crippen molar-refractivity contribution in [3.05, 3.63) is 29.3 Å². The Balaban J connectivity index is 3.10. The van der Waals surface area contributed by atoms with Gasteiger partial charge in [0, 0.05) is 18.6 Å². The highest BCUT2D eigenvalue weighted by molar-refractivity contribution is 7.75. The van der Waals surface area contributed by atoms with Crippen LogP contribution in [0, 0.1) is 0 Å². The van der Waals surface area contributed by atoms with Crippen LogP contribution < -0.4 is 5.32 Å². The van der Waals surface area contributed by atoms with Gasteiger partial charge >= 0.3 is 18.2 Å². The van der Waals surface area contributed by atoms with Gasteiger partial charge in [-0.15, -0.1) is 0 Å². The predicted molar refractivity (Wildman–Crippen MR) is 80.1 cm³/mol. The minimum absolute atomic E-state index is 0.0194. The highest BCUT2D eigenvalue weighted by Crippen LogP contribution is 2.32. The molecule has 0 aliphatic rings. The van der Waals surface area contributed by atoms with Gasteiger partial charge in [0.25, 0.3) is 0 Å². The predicted octanol–water partition coefficient (Wildman–Crippen LogP) is 3.98. The molecule has 0 aliphatic carbocycles. The van der Waals surface area contributed by atoms with Crippen LogP contribution in [0.25, 0.3) is 0 Å². The maximum Gasteiger partial charge on any atom is 0.416 e. The number of carbonyl (C=O) groups excluding carboxylic acids is 2. The molecule has 1 N–H and O–H groups in total. The minimum atomic E-state index is -4.58. The van der Waals surface area contributed by atoms with E-state index in [9.17, 15) is 22.8 Å². The average molecular weight is 351 g/mol. The number of benzene rings is 1. The van der Waals surface area contributed by atoms with Crippen molar-refractivity contribution < 1.29 is 31.7 Å². The number of hydrogen-bond acceptors (Lipinski definition) is 5. The third kappa shape index (κ3) is 6.39. The van der Waals surface area contributed by atoms with Crippen molar-refractivity contribution in [3.63, 3.8) is 0 Å². The van der Waals surface area contributed by atoms with Gasteiger partial charge in [-0.1, -0.05) is 0 Å². The molecule has 0 heterocycles. The lowest BCUT2D eigenvalue weighted by molar-refractivity contribution is -0.138. The number of alkyl halides is 3. The van der Waals surface area contributed by atoms with Gasteiger partial charge in [0.05, 0.1) is 12.0 Å². The first-order valence-electron chi connectivity index (χ1n) is 6.47. The molecule has 1 rings (SSSR count). The van der Waals surface area contributed by atoms with E-state index in [2.05, 4.69) is 22.4 Å². The van der Waals surface area contributed by atoms with Gasteiger partial charge in [0.1, 0.15) is 5.60 Å². The van der Waals surface area contributed by atoms with E-state index >= 15 is 0 Å². The monoisotopic (exact) mass is 351 g/mol. The number of amides is 1. The SMILES string of the molecule is CC(C)(C)OC(=O)Nc1ccc(C(F)(F)F)cc1CC(=O)OS. The lowest BCUT2D eigenvalue weighted by Gasteiger charge is -2.20. The summed E-state index contributed by atoms with van der Waals surface area (Å²) in [6.45, 7) is 4.91. The summed E-state index contributed by atoms with van der Waals surface area (Å²) in [6.07, 6.45) is -5.92. The largest absolute Gasteiger partial charge is 0.444 e. The first-order chi connectivity index (χ1) is 10.4. The molecular weight excluding hydrogens is 335 g/mol. The summed E-state index contributed by atoms with van der Waals surface area (Å²) in [7, 11) is 0. The second kappa shape index (κ2) is 7.12. The molecule has 0 saturated heterocycles. The van der Waals surface area contributed by atoms with E-state index in [0.29, 0.717) is 0 Å². The molecule has 0 spiro atoms. The van der Waals surface area contributed by atoms with E-state index in [0.717, 1.165) is 18.2 Å². The van der Waals surface area contributed by atoms with Gasteiger partial charge < -0.3 is 8.92 Å². The lowest BCUT2D eigenvalue weighted by Crippen LogP contribution is -2.27. The lowest BCUT2D eigenvalue weighted by atomic mass is 10.1. The number of carbonyl (C=O) groups is 2. The first kappa shape index (κ1) is 19.1. The zero-order chi connectivity index (χ0) is 17.8. The fourth-order valence-corrected chi connectivity index (χ4v) is 1.70. The normalized spacial score (nSPS) is 11.8. The maximum atomic E-state index is 12.8. The molecule has 1 aromatic carbocycles. The summed E-state index contributed by atoms with van der Waals surface area (Å²) in [5.41, 5.74) is -1.77. The van der Waals surface area contributed by atoms with Crippen molar-refractivity contribution in [2.75, 3.05) is 5.32 Å². The van der Waals surface area contributed by atoms with Gasteiger partial charge in [-0.2, -0.15) is 13.2 Å². The second-order valence-corrected chi connectivity index (χ2v) is 5.82. The van der Waals surface area contributed by atoms with E-state index in [1.54, 1.807) is 20.8 Å². The molecule has 0 atom stereocenters. The number of anilines is 1. The Morgan fingerprint density at radius 1 is 1.22 bits per heavy atom. The number of halogens is 3. The molecular formula is C14H16F3NO4S. The van der Waals surface area contributed by atoms with Crippen molar-refractivity contribution in [3.8, 4) is 0 Å². The Morgan fingerprint density at radius 2 is 1.83 bits per heavy atom. The Kier molecular flexibility index (Phi) is 5.92. The molecule has 128 valence electrons. The zero-order valence-corrected chi connectivity index (χ0v) is 13.5. The molecule has 9 heteroatoms. The van der Waals surface area contributed by atoms with Crippen LogP contribution in [-0.2, 0) is 26.3 Å². The highest BCUT2D eigenvalue weighted by atomic mass is 32.1. The van der Waals surface area contributed by atoms with Crippen molar-refractivity contribution in [1.29, 1.82) is 0 Å². The van der Waals surface area contributed by atoms with Crippen molar-refractivity contribution >= 4 is 30.7 Å². The Hall–Kier alpha value is -1.90. The molecule has 1 amide bonds. The number of nitrogens with one attached hydrogen (secondary N) is 1. The summed E-state index contributed by atoms with van der Waals surface area (Å²) < 4.78 is 47.5. The van der Waals surface area contributed by atoms with Crippen molar-refractivity contribution in [2.24, 2.45) is 0 Å².